The molecular weight excluding hydrogens is 486 g/mol. The number of Topliss-reactive ketones (excluding diaryl/α,β-unsaturated/α-hetero) is 1. The predicted octanol–water partition coefficient (Wildman–Crippen LogP) is 2.59. The normalized spacial score (nSPS) is 26.4. The average molecular weight is 522 g/mol. The van der Waals surface area contributed by atoms with Crippen LogP contribution in [0.25, 0.3) is 0 Å². The smallest absolute Gasteiger partial charge is 0.333 e. The second kappa shape index (κ2) is 10.5. The summed E-state index contributed by atoms with van der Waals surface area (Å²) in [6.45, 7) is 5.59. The maximum Gasteiger partial charge on any atom is 0.333 e. The topological polar surface area (TPSA) is 119 Å². The Kier molecular flexibility index (Phi) is 6.98. The van der Waals surface area contributed by atoms with Gasteiger partial charge in [-0.2, -0.15) is 10.2 Å². The van der Waals surface area contributed by atoms with E-state index in [1.54, 1.807) is 11.1 Å². The number of fused-ring (bicyclic) bond motifs is 3. The monoisotopic (exact) mass is 521 g/mol. The van der Waals surface area contributed by atoms with Crippen LogP contribution in [0.15, 0.2) is 39.7 Å². The molecule has 38 heavy (non-hydrogen) atoms. The molecule has 3 amide bonds. The van der Waals surface area contributed by atoms with Gasteiger partial charge in [-0.15, -0.1) is 0 Å². The highest BCUT2D eigenvalue weighted by Gasteiger charge is 2.44. The summed E-state index contributed by atoms with van der Waals surface area (Å²) in [5, 5.41) is 13.6. The number of carbonyl (C=O) groups is 3. The van der Waals surface area contributed by atoms with Gasteiger partial charge in [0.2, 0.25) is 5.91 Å². The lowest BCUT2D eigenvalue weighted by Crippen LogP contribution is -2.49. The summed E-state index contributed by atoms with van der Waals surface area (Å²) in [6.07, 6.45) is 3.57. The number of morpholine rings is 1. The highest BCUT2D eigenvalue weighted by molar-refractivity contribution is 6.19. The molecule has 1 aliphatic carbocycles. The molecule has 0 spiro atoms. The number of allylic oxidation sites excluding steroid dienone is 1. The number of anilines is 1. The van der Waals surface area contributed by atoms with Crippen LogP contribution in [0.5, 0.6) is 0 Å². The number of urea groups is 1. The van der Waals surface area contributed by atoms with Crippen LogP contribution in [0.3, 0.4) is 0 Å². The molecular formula is C27H35N7O4. The average Bonchev–Trinajstić information content (AvgIpc) is 3.49. The van der Waals surface area contributed by atoms with Crippen molar-refractivity contribution in [3.05, 3.63) is 40.6 Å². The summed E-state index contributed by atoms with van der Waals surface area (Å²) in [7, 11) is 2.08. The number of ketones is 1. The van der Waals surface area contributed by atoms with Crippen molar-refractivity contribution in [2.24, 2.45) is 22.1 Å². The van der Waals surface area contributed by atoms with Crippen LogP contribution in [0.4, 0.5) is 10.5 Å². The maximum absolute atomic E-state index is 13.7. The van der Waals surface area contributed by atoms with E-state index in [4.69, 9.17) is 4.74 Å². The molecule has 0 aromatic heterocycles. The fraction of sp³-hybridized carbons (Fsp3) is 0.593. The summed E-state index contributed by atoms with van der Waals surface area (Å²) in [5.74, 6) is 0.321. The molecule has 202 valence electrons. The van der Waals surface area contributed by atoms with Crippen molar-refractivity contribution in [3.8, 4) is 0 Å². The van der Waals surface area contributed by atoms with Gasteiger partial charge in [-0.25, -0.2) is 9.80 Å². The van der Waals surface area contributed by atoms with E-state index in [9.17, 15) is 14.4 Å². The van der Waals surface area contributed by atoms with Gasteiger partial charge in [0.1, 0.15) is 6.04 Å². The molecule has 4 heterocycles. The number of azo groups is 1. The number of benzene rings is 1. The van der Waals surface area contributed by atoms with Crippen molar-refractivity contribution >= 4 is 23.4 Å². The fourth-order valence-corrected chi connectivity index (χ4v) is 6.39. The van der Waals surface area contributed by atoms with E-state index in [2.05, 4.69) is 32.9 Å². The summed E-state index contributed by atoms with van der Waals surface area (Å²) in [5.41, 5.74) is 5.96. The molecule has 4 aliphatic heterocycles. The third-order valence-electron chi connectivity index (χ3n) is 8.38. The minimum atomic E-state index is -0.422. The molecule has 3 saturated heterocycles. The van der Waals surface area contributed by atoms with E-state index in [0.29, 0.717) is 56.2 Å². The molecule has 11 nitrogen and oxygen atoms in total. The maximum atomic E-state index is 13.7. The first kappa shape index (κ1) is 25.1. The number of rotatable bonds is 4. The summed E-state index contributed by atoms with van der Waals surface area (Å²) in [4.78, 5) is 43.7. The van der Waals surface area contributed by atoms with Gasteiger partial charge in [0, 0.05) is 38.6 Å². The highest BCUT2D eigenvalue weighted by Crippen LogP contribution is 2.49. The van der Waals surface area contributed by atoms with E-state index in [0.717, 1.165) is 50.0 Å². The van der Waals surface area contributed by atoms with Crippen LogP contribution in [-0.4, -0.2) is 92.1 Å². The van der Waals surface area contributed by atoms with Crippen LogP contribution in [0, 0.1) is 11.8 Å². The lowest BCUT2D eigenvalue weighted by Gasteiger charge is -2.36. The zero-order valence-corrected chi connectivity index (χ0v) is 21.8. The SMILES string of the molecule is CN1CCCC(C(=O)N2CCC(C3=C4C(=O)c5c(NC(=O)NN6CCOCC6)cccc5C4N=N3)CC2)C1. The fourth-order valence-electron chi connectivity index (χ4n) is 6.39. The van der Waals surface area contributed by atoms with Crippen LogP contribution < -0.4 is 10.7 Å². The van der Waals surface area contributed by atoms with Crippen molar-refractivity contribution < 1.29 is 19.1 Å². The molecule has 1 aromatic rings. The number of likely N-dealkylation sites (tertiary alicyclic amines) is 2. The Bertz CT molecular complexity index is 1180. The first-order chi connectivity index (χ1) is 18.5. The highest BCUT2D eigenvalue weighted by atomic mass is 16.5. The molecule has 6 rings (SSSR count). The second-order valence-electron chi connectivity index (χ2n) is 10.9. The summed E-state index contributed by atoms with van der Waals surface area (Å²) < 4.78 is 5.32. The van der Waals surface area contributed by atoms with Crippen molar-refractivity contribution in [3.63, 3.8) is 0 Å². The third kappa shape index (κ3) is 4.74. The van der Waals surface area contributed by atoms with Crippen LogP contribution in [-0.2, 0) is 9.53 Å². The molecule has 2 N–H and O–H groups in total. The number of carbonyl (C=O) groups excluding carboxylic acids is 3. The number of hydrazine groups is 1. The summed E-state index contributed by atoms with van der Waals surface area (Å²) >= 11 is 0. The largest absolute Gasteiger partial charge is 0.379 e. The van der Waals surface area contributed by atoms with Gasteiger partial charge in [-0.1, -0.05) is 12.1 Å². The Morgan fingerprint density at radius 2 is 1.84 bits per heavy atom. The van der Waals surface area contributed by atoms with Gasteiger partial charge in [-0.05, 0) is 50.9 Å². The lowest BCUT2D eigenvalue weighted by molar-refractivity contribution is -0.138. The molecule has 0 saturated carbocycles. The minimum absolute atomic E-state index is 0.0835. The van der Waals surface area contributed by atoms with E-state index in [1.165, 1.54) is 0 Å². The number of amides is 3. The van der Waals surface area contributed by atoms with Gasteiger partial charge in [-0.3, -0.25) is 15.0 Å². The molecule has 0 bridgehead atoms. The predicted molar refractivity (Wildman–Crippen MR) is 139 cm³/mol. The molecule has 3 fully saturated rings. The van der Waals surface area contributed by atoms with E-state index in [1.807, 2.05) is 17.0 Å². The molecule has 5 aliphatic rings. The lowest BCUT2D eigenvalue weighted by atomic mass is 9.88. The van der Waals surface area contributed by atoms with Gasteiger partial charge in [0.05, 0.1) is 41.7 Å². The van der Waals surface area contributed by atoms with Gasteiger partial charge in [0.15, 0.2) is 5.78 Å². The number of nitrogens with one attached hydrogen (secondary N) is 2. The van der Waals surface area contributed by atoms with Crippen molar-refractivity contribution in [2.75, 3.05) is 64.8 Å². The Morgan fingerprint density at radius 1 is 1.05 bits per heavy atom. The van der Waals surface area contributed by atoms with Crippen LogP contribution in [0.1, 0.15) is 47.6 Å². The van der Waals surface area contributed by atoms with Gasteiger partial charge < -0.3 is 19.9 Å². The van der Waals surface area contributed by atoms with Crippen molar-refractivity contribution in [1.29, 1.82) is 0 Å². The number of piperidine rings is 2. The number of hydrogen-bond donors (Lipinski definition) is 2. The van der Waals surface area contributed by atoms with Gasteiger partial charge in [0.25, 0.3) is 0 Å². The van der Waals surface area contributed by atoms with Gasteiger partial charge >= 0.3 is 6.03 Å². The van der Waals surface area contributed by atoms with Crippen molar-refractivity contribution in [1.82, 2.24) is 20.2 Å². The molecule has 2 atom stereocenters. The first-order valence-corrected chi connectivity index (χ1v) is 13.7. The van der Waals surface area contributed by atoms with E-state index >= 15 is 0 Å². The number of hydrogen-bond acceptors (Lipinski definition) is 8. The molecule has 0 radical (unpaired) electrons. The first-order valence-electron chi connectivity index (χ1n) is 13.7. The van der Waals surface area contributed by atoms with Crippen LogP contribution in [0.2, 0.25) is 0 Å². The zero-order chi connectivity index (χ0) is 26.2. The Balaban J connectivity index is 1.14. The Labute approximate surface area is 222 Å². The molecule has 1 aromatic carbocycles. The third-order valence-corrected chi connectivity index (χ3v) is 8.38. The quantitative estimate of drug-likeness (QED) is 0.629. The Hall–Kier alpha value is -3.15. The summed E-state index contributed by atoms with van der Waals surface area (Å²) in [6, 6.07) is 4.66. The van der Waals surface area contributed by atoms with E-state index in [-0.39, 0.29) is 29.6 Å². The number of ether oxygens (including phenoxy) is 1. The molecule has 2 unspecified atom stereocenters. The standard InChI is InChI=1S/C27H35N7O4/c1-32-9-3-4-18(16-32)26(36)33-10-7-17(8-11-33)23-22-24(30-29-23)19-5-2-6-20(21(19)25(22)35)28-27(37)31-34-12-14-38-15-13-34/h2,5-6,17-18,24H,3-4,7-16H2,1H3,(H2,28,31,37). The number of nitrogens with zero attached hydrogens (tertiary/aromatic N) is 5. The van der Waals surface area contributed by atoms with E-state index < -0.39 is 6.04 Å². The minimum Gasteiger partial charge on any atom is -0.379 e. The zero-order valence-electron chi connectivity index (χ0n) is 21.8. The van der Waals surface area contributed by atoms with Crippen molar-refractivity contribution in [2.45, 2.75) is 31.7 Å². The molecule has 11 heteroatoms. The second-order valence-corrected chi connectivity index (χ2v) is 10.9. The van der Waals surface area contributed by atoms with Crippen LogP contribution >= 0.6 is 0 Å². The Morgan fingerprint density at radius 3 is 2.61 bits per heavy atom.